The molecule has 7 nitrogen and oxygen atoms in total. The fraction of sp³-hybridized carbons (Fsp3) is 0. The average molecular weight is 146 g/mol. The van der Waals surface area contributed by atoms with Crippen LogP contribution in [-0.2, 0) is 0 Å². The predicted molar refractivity (Wildman–Crippen MR) is 26.5 cm³/mol. The number of carbonyl (C=O) groups excluding carboxylic acids is 1. The maximum absolute atomic E-state index is 10.1. The van der Waals surface area contributed by atoms with Crippen LogP contribution in [0.2, 0.25) is 0 Å². The molecule has 54 valence electrons. The van der Waals surface area contributed by atoms with Crippen LogP contribution in [0.15, 0.2) is 18.6 Å². The molecule has 1 aromatic heterocycles. The Balaban J connectivity index is 3.37. The number of rotatable bonds is 0. The second-order valence-electron chi connectivity index (χ2n) is 1.35. The summed E-state index contributed by atoms with van der Waals surface area (Å²) in [6.45, 7) is 0. The molecule has 0 bridgehead atoms. The van der Waals surface area contributed by atoms with Gasteiger partial charge in [-0.2, -0.15) is 0 Å². The van der Waals surface area contributed by atoms with E-state index in [2.05, 4.69) is 14.8 Å². The van der Waals surface area contributed by atoms with Crippen molar-refractivity contribution in [2.75, 3.05) is 0 Å². The van der Waals surface area contributed by atoms with Crippen molar-refractivity contribution in [1.82, 2.24) is 4.91 Å². The van der Waals surface area contributed by atoms with E-state index >= 15 is 0 Å². The minimum Gasteiger partial charge on any atom is -0.346 e. The van der Waals surface area contributed by atoms with Gasteiger partial charge in [0.15, 0.2) is 0 Å². The van der Waals surface area contributed by atoms with Crippen molar-refractivity contribution in [3.8, 4) is 0 Å². The molecule has 1 heterocycles. The third-order valence-corrected chi connectivity index (χ3v) is 0.678. The first kappa shape index (κ1) is 6.33. The number of primary amides is 1. The lowest BCUT2D eigenvalue weighted by Gasteiger charge is -1.82. The van der Waals surface area contributed by atoms with Crippen molar-refractivity contribution in [3.05, 3.63) is 20.8 Å². The van der Waals surface area contributed by atoms with E-state index in [0.717, 1.165) is 0 Å². The van der Waals surface area contributed by atoms with Crippen LogP contribution in [0.5, 0.6) is 0 Å². The molecule has 0 fully saturated rings. The molecule has 0 aliphatic carbocycles. The molecule has 0 saturated heterocycles. The van der Waals surface area contributed by atoms with Crippen molar-refractivity contribution in [2.24, 2.45) is 5.73 Å². The van der Waals surface area contributed by atoms with Crippen LogP contribution >= 0.6 is 0 Å². The second-order valence-corrected chi connectivity index (χ2v) is 1.35. The summed E-state index contributed by atoms with van der Waals surface area (Å²) in [6, 6.07) is -1.17. The van der Waals surface area contributed by atoms with E-state index in [9.17, 15) is 14.4 Å². The molecule has 7 heteroatoms. The molecule has 0 radical (unpaired) electrons. The van der Waals surface area contributed by atoms with Crippen LogP contribution in [0.4, 0.5) is 4.79 Å². The largest absolute Gasteiger partial charge is 0.446 e. The molecule has 0 saturated carbocycles. The van der Waals surface area contributed by atoms with Gasteiger partial charge < -0.3 is 5.73 Å². The van der Waals surface area contributed by atoms with Gasteiger partial charge in [0.05, 0.1) is 0 Å². The number of amides is 1. The van der Waals surface area contributed by atoms with Crippen molar-refractivity contribution in [2.45, 2.75) is 0 Å². The molecule has 0 spiro atoms. The van der Waals surface area contributed by atoms with Crippen molar-refractivity contribution in [1.29, 1.82) is 0 Å². The number of aromatic nitrogens is 1. The van der Waals surface area contributed by atoms with Crippen LogP contribution in [0, 0.1) is 0 Å². The summed E-state index contributed by atoms with van der Waals surface area (Å²) in [4.78, 5) is 30.4. The Kier molecular flexibility index (Phi) is 1.18. The maximum Gasteiger partial charge on any atom is 0.446 e. The zero-order chi connectivity index (χ0) is 7.72. The molecule has 0 aliphatic heterocycles. The molecule has 2 N–H and O–H groups in total. The van der Waals surface area contributed by atoms with Crippen LogP contribution in [0.1, 0.15) is 0 Å². The highest BCUT2D eigenvalue weighted by Crippen LogP contribution is 1.72. The lowest BCUT2D eigenvalue weighted by molar-refractivity contribution is 0.116. The zero-order valence-corrected chi connectivity index (χ0v) is 4.57. The fourth-order valence-corrected chi connectivity index (χ4v) is 0.334. The Bertz CT molecular complexity index is 326. The molecule has 1 aromatic rings. The van der Waals surface area contributed by atoms with Gasteiger partial charge in [0.25, 0.3) is 0 Å². The van der Waals surface area contributed by atoms with E-state index in [0.29, 0.717) is 0 Å². The van der Waals surface area contributed by atoms with Crippen LogP contribution in [-0.4, -0.2) is 10.9 Å². The quantitative estimate of drug-likeness (QED) is 0.439. The molecular weight excluding hydrogens is 144 g/mol. The number of nitrogens with zero attached hydrogens (tertiary/aromatic N) is 1. The molecule has 1 amide bonds. The summed E-state index contributed by atoms with van der Waals surface area (Å²) in [5.41, 5.74) is 2.02. The molecule has 10 heavy (non-hydrogen) atoms. The SMILES string of the molecule is NC(=O)n1oc(=O)c(=O)o1. The highest BCUT2D eigenvalue weighted by atomic mass is 16.7. The van der Waals surface area contributed by atoms with E-state index in [1.807, 2.05) is 0 Å². The number of hydrogen-bond donors (Lipinski definition) is 1. The minimum atomic E-state index is -1.26. The van der Waals surface area contributed by atoms with Crippen molar-refractivity contribution in [3.63, 3.8) is 0 Å². The van der Waals surface area contributed by atoms with Crippen molar-refractivity contribution >= 4 is 6.03 Å². The third kappa shape index (κ3) is 0.835. The van der Waals surface area contributed by atoms with Gasteiger partial charge in [-0.3, -0.25) is 9.05 Å². The summed E-state index contributed by atoms with van der Waals surface area (Å²) >= 11 is 0. The predicted octanol–water partition coefficient (Wildman–Crippen LogP) is -1.68. The Morgan fingerprint density at radius 2 is 1.70 bits per heavy atom. The van der Waals surface area contributed by atoms with Crippen LogP contribution in [0.25, 0.3) is 0 Å². The molecule has 1 rings (SSSR count). The maximum atomic E-state index is 10.1. The summed E-state index contributed by atoms with van der Waals surface area (Å²) in [6.07, 6.45) is 0. The Hall–Kier alpha value is -1.79. The van der Waals surface area contributed by atoms with Gasteiger partial charge in [-0.25, -0.2) is 14.4 Å². The Morgan fingerprint density at radius 3 is 1.90 bits per heavy atom. The highest BCUT2D eigenvalue weighted by Gasteiger charge is 2.07. The van der Waals surface area contributed by atoms with Gasteiger partial charge in [0, 0.05) is 4.91 Å². The Labute approximate surface area is 52.6 Å². The topological polar surface area (TPSA) is 108 Å². The lowest BCUT2D eigenvalue weighted by atomic mass is 11.0. The van der Waals surface area contributed by atoms with Gasteiger partial charge in [0.1, 0.15) is 0 Å². The van der Waals surface area contributed by atoms with E-state index in [-0.39, 0.29) is 4.91 Å². The first-order valence-corrected chi connectivity index (χ1v) is 2.15. The van der Waals surface area contributed by atoms with E-state index in [1.165, 1.54) is 0 Å². The average Bonchev–Trinajstić information content (AvgIpc) is 2.13. The lowest BCUT2D eigenvalue weighted by Crippen LogP contribution is -2.18. The van der Waals surface area contributed by atoms with Crippen molar-refractivity contribution < 1.29 is 13.8 Å². The molecule has 0 aromatic carbocycles. The number of carbonyl (C=O) groups is 1. The Morgan fingerprint density at radius 1 is 1.30 bits per heavy atom. The summed E-state index contributed by atoms with van der Waals surface area (Å²) in [5.74, 6) is 0. The molecule has 0 atom stereocenters. The standard InChI is InChI=1S/C3H2N2O5/c4-3(8)5-9-1(6)2(7)10-5/h(H2,4,8). The summed E-state index contributed by atoms with van der Waals surface area (Å²) in [7, 11) is 0. The molecular formula is C3H2N2O5. The van der Waals surface area contributed by atoms with E-state index in [4.69, 9.17) is 0 Å². The van der Waals surface area contributed by atoms with Gasteiger partial charge in [0.2, 0.25) is 0 Å². The monoisotopic (exact) mass is 146 g/mol. The van der Waals surface area contributed by atoms with Gasteiger partial charge in [-0.05, 0) is 0 Å². The van der Waals surface area contributed by atoms with Gasteiger partial charge in [-0.1, -0.05) is 0 Å². The van der Waals surface area contributed by atoms with Gasteiger partial charge in [-0.15, -0.1) is 0 Å². The summed E-state index contributed by atoms with van der Waals surface area (Å²) in [5, 5.41) is 0. The zero-order valence-electron chi connectivity index (χ0n) is 4.57. The van der Waals surface area contributed by atoms with Crippen LogP contribution in [0.3, 0.4) is 0 Å². The first-order chi connectivity index (χ1) is 4.61. The fourth-order valence-electron chi connectivity index (χ4n) is 0.334. The molecule has 0 aliphatic rings. The summed E-state index contributed by atoms with van der Waals surface area (Å²) < 4.78 is 7.77. The van der Waals surface area contributed by atoms with E-state index < -0.39 is 17.3 Å². The highest BCUT2D eigenvalue weighted by molar-refractivity contribution is 5.71. The number of hydrogen-bond acceptors (Lipinski definition) is 5. The third-order valence-electron chi connectivity index (χ3n) is 0.678. The smallest absolute Gasteiger partial charge is 0.346 e. The van der Waals surface area contributed by atoms with Crippen LogP contribution < -0.4 is 17.0 Å². The van der Waals surface area contributed by atoms with Gasteiger partial charge >= 0.3 is 17.3 Å². The molecule has 0 unspecified atom stereocenters. The minimum absolute atomic E-state index is 0.00463. The second kappa shape index (κ2) is 1.87. The normalized spacial score (nSPS) is 9.60. The van der Waals surface area contributed by atoms with E-state index in [1.54, 1.807) is 0 Å². The first-order valence-electron chi connectivity index (χ1n) is 2.15. The number of nitrogens with two attached hydrogens (primary N) is 1.